The van der Waals surface area contributed by atoms with Gasteiger partial charge in [0.15, 0.2) is 17.5 Å². The summed E-state index contributed by atoms with van der Waals surface area (Å²) in [6, 6.07) is 86.4. The summed E-state index contributed by atoms with van der Waals surface area (Å²) in [7, 11) is 0. The first-order chi connectivity index (χ1) is 34.2. The number of anilines is 3. The molecule has 0 atom stereocenters. The first-order valence-corrected chi connectivity index (χ1v) is 23.4. The number of benzene rings is 10. The predicted molar refractivity (Wildman–Crippen MR) is 280 cm³/mol. The van der Waals surface area contributed by atoms with Crippen LogP contribution in [0.15, 0.2) is 247 Å². The number of furan rings is 1. The van der Waals surface area contributed by atoms with E-state index in [1.54, 1.807) is 0 Å². The van der Waals surface area contributed by atoms with Crippen molar-refractivity contribution in [2.45, 2.75) is 5.41 Å². The third-order valence-electron chi connectivity index (χ3n) is 14.1. The molecule has 5 heteroatoms. The van der Waals surface area contributed by atoms with Crippen LogP contribution in [-0.2, 0) is 5.41 Å². The van der Waals surface area contributed by atoms with Gasteiger partial charge in [0.1, 0.15) is 11.2 Å². The van der Waals surface area contributed by atoms with E-state index in [9.17, 15) is 0 Å². The number of hydrogen-bond acceptors (Lipinski definition) is 5. The summed E-state index contributed by atoms with van der Waals surface area (Å²) >= 11 is 0. The van der Waals surface area contributed by atoms with Crippen molar-refractivity contribution in [3.8, 4) is 67.5 Å². The molecule has 0 amide bonds. The number of rotatable bonds is 7. The van der Waals surface area contributed by atoms with Crippen LogP contribution < -0.4 is 4.90 Å². The quantitative estimate of drug-likeness (QED) is 0.160. The number of para-hydroxylation sites is 2. The van der Waals surface area contributed by atoms with E-state index in [1.807, 2.05) is 48.5 Å². The molecule has 2 aliphatic rings. The fourth-order valence-electron chi connectivity index (χ4n) is 11.3. The summed E-state index contributed by atoms with van der Waals surface area (Å²) in [5, 5.41) is 1.99. The van der Waals surface area contributed by atoms with E-state index in [0.717, 1.165) is 66.8 Å². The molecule has 0 aliphatic heterocycles. The molecule has 14 rings (SSSR count). The molecule has 0 N–H and O–H groups in total. The topological polar surface area (TPSA) is 55.1 Å². The van der Waals surface area contributed by atoms with Gasteiger partial charge in [-0.2, -0.15) is 0 Å². The third kappa shape index (κ3) is 5.87. The molecule has 0 saturated carbocycles. The van der Waals surface area contributed by atoms with Crippen molar-refractivity contribution in [3.05, 3.63) is 265 Å². The van der Waals surface area contributed by atoms with E-state index < -0.39 is 5.41 Å². The van der Waals surface area contributed by atoms with Crippen LogP contribution in [0.3, 0.4) is 0 Å². The largest absolute Gasteiger partial charge is 0.456 e. The van der Waals surface area contributed by atoms with Crippen molar-refractivity contribution in [1.82, 2.24) is 15.0 Å². The number of fused-ring (bicyclic) bond motifs is 13. The molecule has 0 fully saturated rings. The van der Waals surface area contributed by atoms with Crippen molar-refractivity contribution >= 4 is 39.0 Å². The van der Waals surface area contributed by atoms with Gasteiger partial charge in [-0.05, 0) is 80.9 Å². The SMILES string of the molecule is c1ccc(-c2nc(-c3cccc(N(c4ccccc4-c4ccccc4)c4cccc5c4-c4ccccc4C54c5ccccc5-c5ccccc54)c3)nc(-c3cccc4oc5ccccc5c34)n2)cc1. The van der Waals surface area contributed by atoms with E-state index in [4.69, 9.17) is 19.4 Å². The Balaban J connectivity index is 1.02. The fourth-order valence-corrected chi connectivity index (χ4v) is 11.3. The van der Waals surface area contributed by atoms with Gasteiger partial charge >= 0.3 is 0 Å². The molecule has 0 radical (unpaired) electrons. The minimum atomic E-state index is -0.500. The predicted octanol–water partition coefficient (Wildman–Crippen LogP) is 16.3. The summed E-state index contributed by atoms with van der Waals surface area (Å²) < 4.78 is 6.35. The van der Waals surface area contributed by atoms with E-state index in [1.165, 1.54) is 44.5 Å². The minimum absolute atomic E-state index is 0.500. The molecule has 1 spiro atoms. The van der Waals surface area contributed by atoms with Gasteiger partial charge in [-0.25, -0.2) is 15.0 Å². The van der Waals surface area contributed by atoms with Gasteiger partial charge in [-0.15, -0.1) is 0 Å². The first kappa shape index (κ1) is 39.0. The lowest BCUT2D eigenvalue weighted by Gasteiger charge is -2.32. The van der Waals surface area contributed by atoms with Gasteiger partial charge in [-0.1, -0.05) is 206 Å². The van der Waals surface area contributed by atoms with Gasteiger partial charge < -0.3 is 9.32 Å². The Labute approximate surface area is 399 Å². The normalized spacial score (nSPS) is 12.8. The fraction of sp³-hybridized carbons (Fsp3) is 0.0156. The maximum absolute atomic E-state index is 6.35. The summed E-state index contributed by atoms with van der Waals surface area (Å²) in [6.45, 7) is 0. The average molecular weight is 881 g/mol. The zero-order valence-electron chi connectivity index (χ0n) is 37.3. The highest BCUT2D eigenvalue weighted by Gasteiger charge is 2.52. The van der Waals surface area contributed by atoms with Gasteiger partial charge in [0.05, 0.1) is 16.8 Å². The van der Waals surface area contributed by atoms with E-state index >= 15 is 0 Å². The maximum atomic E-state index is 6.35. The summed E-state index contributed by atoms with van der Waals surface area (Å²) in [6.07, 6.45) is 0. The lowest BCUT2D eigenvalue weighted by Crippen LogP contribution is -2.26. The van der Waals surface area contributed by atoms with E-state index in [2.05, 4.69) is 199 Å². The molecule has 0 saturated heterocycles. The van der Waals surface area contributed by atoms with E-state index in [0.29, 0.717) is 17.5 Å². The van der Waals surface area contributed by atoms with Gasteiger partial charge in [0.2, 0.25) is 0 Å². The summed E-state index contributed by atoms with van der Waals surface area (Å²) in [5.41, 5.74) is 19.3. The zero-order valence-corrected chi connectivity index (χ0v) is 37.3. The van der Waals surface area contributed by atoms with Crippen molar-refractivity contribution in [3.63, 3.8) is 0 Å². The molecule has 2 aliphatic carbocycles. The van der Waals surface area contributed by atoms with Crippen LogP contribution in [0.4, 0.5) is 17.1 Å². The Morgan fingerprint density at radius 2 is 0.826 bits per heavy atom. The van der Waals surface area contributed by atoms with Crippen LogP contribution in [0.1, 0.15) is 22.3 Å². The molecule has 2 heterocycles. The van der Waals surface area contributed by atoms with Crippen LogP contribution in [0.2, 0.25) is 0 Å². The number of hydrogen-bond donors (Lipinski definition) is 0. The Morgan fingerprint density at radius 1 is 0.333 bits per heavy atom. The van der Waals surface area contributed by atoms with Crippen LogP contribution in [0, 0.1) is 0 Å². The third-order valence-corrected chi connectivity index (χ3v) is 14.1. The lowest BCUT2D eigenvalue weighted by atomic mass is 9.70. The van der Waals surface area contributed by atoms with Crippen molar-refractivity contribution in [2.75, 3.05) is 4.90 Å². The van der Waals surface area contributed by atoms with Gasteiger partial charge in [0.25, 0.3) is 0 Å². The van der Waals surface area contributed by atoms with Crippen molar-refractivity contribution in [1.29, 1.82) is 0 Å². The molecule has 69 heavy (non-hydrogen) atoms. The lowest BCUT2D eigenvalue weighted by molar-refractivity contribution is 0.669. The van der Waals surface area contributed by atoms with Crippen molar-refractivity contribution < 1.29 is 4.42 Å². The number of aromatic nitrogens is 3. The Morgan fingerprint density at radius 3 is 1.58 bits per heavy atom. The molecule has 5 nitrogen and oxygen atoms in total. The van der Waals surface area contributed by atoms with Crippen LogP contribution in [0.25, 0.3) is 89.5 Å². The van der Waals surface area contributed by atoms with Crippen molar-refractivity contribution in [2.24, 2.45) is 0 Å². The Kier molecular flexibility index (Phi) is 8.73. The maximum Gasteiger partial charge on any atom is 0.164 e. The Bertz CT molecular complexity index is 3940. The molecule has 2 aromatic heterocycles. The van der Waals surface area contributed by atoms with Crippen LogP contribution in [0.5, 0.6) is 0 Å². The van der Waals surface area contributed by atoms with Crippen LogP contribution >= 0.6 is 0 Å². The second-order valence-corrected chi connectivity index (χ2v) is 17.8. The molecular weight excluding hydrogens is 841 g/mol. The highest BCUT2D eigenvalue weighted by Crippen LogP contribution is 2.65. The molecule has 10 aromatic carbocycles. The smallest absolute Gasteiger partial charge is 0.164 e. The zero-order chi connectivity index (χ0) is 45.5. The Hall–Kier alpha value is -9.19. The van der Waals surface area contributed by atoms with Gasteiger partial charge in [0, 0.05) is 44.3 Å². The molecule has 322 valence electrons. The summed E-state index contributed by atoms with van der Waals surface area (Å²) in [5.74, 6) is 1.74. The molecule has 0 bridgehead atoms. The molecule has 12 aromatic rings. The van der Waals surface area contributed by atoms with Crippen LogP contribution in [-0.4, -0.2) is 15.0 Å². The second-order valence-electron chi connectivity index (χ2n) is 17.8. The monoisotopic (exact) mass is 880 g/mol. The number of nitrogens with zero attached hydrogens (tertiary/aromatic N) is 4. The summed E-state index contributed by atoms with van der Waals surface area (Å²) in [4.78, 5) is 18.2. The highest BCUT2D eigenvalue weighted by molar-refractivity contribution is 6.12. The highest BCUT2D eigenvalue weighted by atomic mass is 16.3. The molecule has 0 unspecified atom stereocenters. The standard InChI is InChI=1S/C64H40N4O/c1-3-20-41(21-4-1)45-26-10-15-36-55(45)68(56-37-19-35-54-60(56)48-29-9-14-34-53(48)64(54)51-32-12-7-27-46(51)47-28-8-13-33-52(47)64)44-25-17-24-43(40-44)62-65-61(42-22-5-2-6-23-42)66-63(67-62)50-31-18-39-58-59(50)49-30-11-16-38-57(49)69-58/h1-40H. The average Bonchev–Trinajstić information content (AvgIpc) is 4.06. The molecular formula is C64H40N4O. The minimum Gasteiger partial charge on any atom is -0.456 e. The second kappa shape index (κ2) is 15.4. The first-order valence-electron chi connectivity index (χ1n) is 23.4. The van der Waals surface area contributed by atoms with Gasteiger partial charge in [-0.3, -0.25) is 0 Å². The van der Waals surface area contributed by atoms with E-state index in [-0.39, 0.29) is 0 Å².